The molecule has 2 aromatic carbocycles. The number of hydrogen-bond acceptors (Lipinski definition) is 5. The molecule has 214 valence electrons. The van der Waals surface area contributed by atoms with Crippen LogP contribution in [0.15, 0.2) is 59.8 Å². The Bertz CT molecular complexity index is 1700. The Morgan fingerprint density at radius 1 is 1.02 bits per heavy atom. The van der Waals surface area contributed by atoms with Crippen molar-refractivity contribution in [3.8, 4) is 33.7 Å². The van der Waals surface area contributed by atoms with Gasteiger partial charge in [0.25, 0.3) is 0 Å². The van der Waals surface area contributed by atoms with E-state index in [1.54, 1.807) is 43.8 Å². The van der Waals surface area contributed by atoms with Crippen molar-refractivity contribution in [2.45, 2.75) is 51.6 Å². The minimum absolute atomic E-state index is 0.0524. The smallest absolute Gasteiger partial charge is 0.332 e. The van der Waals surface area contributed by atoms with Gasteiger partial charge in [-0.25, -0.2) is 9.18 Å². The highest BCUT2D eigenvalue weighted by molar-refractivity contribution is 6.32. The highest BCUT2D eigenvalue weighted by Crippen LogP contribution is 2.44. The van der Waals surface area contributed by atoms with Gasteiger partial charge >= 0.3 is 5.69 Å². The van der Waals surface area contributed by atoms with Crippen LogP contribution in [0, 0.1) is 12.7 Å². The van der Waals surface area contributed by atoms with E-state index in [1.807, 2.05) is 13.0 Å². The molecule has 4 aromatic rings. The summed E-state index contributed by atoms with van der Waals surface area (Å²) in [7, 11) is 1.66. The molecule has 0 radical (unpaired) electrons. The van der Waals surface area contributed by atoms with E-state index in [4.69, 9.17) is 11.6 Å². The number of aryl methyl sites for hydroxylation is 2. The molecule has 1 atom stereocenters. The predicted molar refractivity (Wildman–Crippen MR) is 162 cm³/mol. The number of rotatable bonds is 5. The number of aromatic hydroxyl groups is 1. The van der Waals surface area contributed by atoms with Crippen LogP contribution in [0.4, 0.5) is 10.1 Å². The summed E-state index contributed by atoms with van der Waals surface area (Å²) in [6.07, 6.45) is 8.50. The predicted octanol–water partition coefficient (Wildman–Crippen LogP) is 6.16. The number of aromatic nitrogens is 3. The van der Waals surface area contributed by atoms with Crippen LogP contribution in [-0.4, -0.2) is 55.3 Å². The molecule has 6 rings (SSSR count). The standard InChI is InChI=1S/C32H35ClFN5O2/c1-20(2)39-10-5-8-32(39)9-11-37(19-32)29-15-23(18-35-21(29)3)26-17-24(34)16-25(30(26)40)22-6-7-28(27(33)14-22)38-13-12-36(4)31(38)41/h6-7,12-18,20,40H,5,8-11,19H2,1-4H3/t32-/m1/s1. The fourth-order valence-corrected chi connectivity index (χ4v) is 7.08. The molecular weight excluding hydrogens is 541 g/mol. The number of phenolic OH excluding ortho intramolecular Hbond substituents is 1. The lowest BCUT2D eigenvalue weighted by molar-refractivity contribution is 0.120. The molecule has 0 aliphatic carbocycles. The van der Waals surface area contributed by atoms with Gasteiger partial charge in [-0.1, -0.05) is 17.7 Å². The first-order valence-electron chi connectivity index (χ1n) is 14.1. The summed E-state index contributed by atoms with van der Waals surface area (Å²) in [5.41, 5.74) is 4.25. The lowest BCUT2D eigenvalue weighted by Gasteiger charge is -2.38. The van der Waals surface area contributed by atoms with Crippen molar-refractivity contribution in [1.29, 1.82) is 0 Å². The first-order chi connectivity index (χ1) is 19.6. The van der Waals surface area contributed by atoms with Crippen LogP contribution >= 0.6 is 11.6 Å². The van der Waals surface area contributed by atoms with E-state index in [9.17, 15) is 9.90 Å². The van der Waals surface area contributed by atoms with Crippen LogP contribution in [0.25, 0.3) is 27.9 Å². The minimum Gasteiger partial charge on any atom is -0.507 e. The number of nitrogens with zero attached hydrogens (tertiary/aromatic N) is 5. The van der Waals surface area contributed by atoms with Gasteiger partial charge in [-0.2, -0.15) is 0 Å². The summed E-state index contributed by atoms with van der Waals surface area (Å²) in [6, 6.07) is 10.2. The van der Waals surface area contributed by atoms with Gasteiger partial charge in [0.2, 0.25) is 0 Å². The molecule has 7 nitrogen and oxygen atoms in total. The number of likely N-dealkylation sites (tertiary alicyclic amines) is 1. The molecule has 2 saturated heterocycles. The molecule has 1 spiro atoms. The van der Waals surface area contributed by atoms with Crippen molar-refractivity contribution >= 4 is 17.3 Å². The fraction of sp³-hybridized carbons (Fsp3) is 0.375. The van der Waals surface area contributed by atoms with E-state index in [0.717, 1.165) is 37.4 Å². The third kappa shape index (κ3) is 4.73. The zero-order valence-corrected chi connectivity index (χ0v) is 24.6. The molecule has 0 unspecified atom stereocenters. The monoisotopic (exact) mass is 575 g/mol. The maximum Gasteiger partial charge on any atom is 0.332 e. The molecule has 9 heteroatoms. The van der Waals surface area contributed by atoms with Crippen molar-refractivity contribution < 1.29 is 9.50 Å². The van der Waals surface area contributed by atoms with Crippen LogP contribution in [0.3, 0.4) is 0 Å². The average Bonchev–Trinajstić information content (AvgIpc) is 3.65. The molecule has 1 N–H and O–H groups in total. The average molecular weight is 576 g/mol. The van der Waals surface area contributed by atoms with E-state index in [2.05, 4.69) is 28.6 Å². The topological polar surface area (TPSA) is 66.5 Å². The Morgan fingerprint density at radius 2 is 1.78 bits per heavy atom. The summed E-state index contributed by atoms with van der Waals surface area (Å²) < 4.78 is 17.9. The first-order valence-corrected chi connectivity index (χ1v) is 14.5. The summed E-state index contributed by atoms with van der Waals surface area (Å²) in [5, 5.41) is 11.7. The van der Waals surface area contributed by atoms with Gasteiger partial charge in [-0.15, -0.1) is 0 Å². The van der Waals surface area contributed by atoms with Crippen LogP contribution in [0.5, 0.6) is 5.75 Å². The number of phenols is 1. The lowest BCUT2D eigenvalue weighted by atomic mass is 9.94. The molecule has 2 aromatic heterocycles. The van der Waals surface area contributed by atoms with E-state index in [0.29, 0.717) is 39.0 Å². The Hall–Kier alpha value is -3.62. The van der Waals surface area contributed by atoms with Crippen LogP contribution in [0.1, 0.15) is 38.8 Å². The number of anilines is 1. The van der Waals surface area contributed by atoms with Crippen molar-refractivity contribution in [3.63, 3.8) is 0 Å². The van der Waals surface area contributed by atoms with Gasteiger partial charge in [0.15, 0.2) is 0 Å². The fourth-order valence-electron chi connectivity index (χ4n) is 6.81. The molecular formula is C32H35ClFN5O2. The molecule has 4 heterocycles. The minimum atomic E-state index is -0.479. The Labute approximate surface area is 244 Å². The van der Waals surface area contributed by atoms with Crippen molar-refractivity contribution in [2.24, 2.45) is 7.05 Å². The summed E-state index contributed by atoms with van der Waals surface area (Å²) in [6.45, 7) is 9.55. The summed E-state index contributed by atoms with van der Waals surface area (Å²) in [4.78, 5) is 22.1. The van der Waals surface area contributed by atoms with E-state index < -0.39 is 5.82 Å². The van der Waals surface area contributed by atoms with Gasteiger partial charge < -0.3 is 14.6 Å². The lowest BCUT2D eigenvalue weighted by Crippen LogP contribution is -2.49. The zero-order valence-electron chi connectivity index (χ0n) is 23.9. The van der Waals surface area contributed by atoms with Gasteiger partial charge in [-0.05, 0) is 82.5 Å². The Kier molecular flexibility index (Phi) is 6.94. The third-order valence-corrected chi connectivity index (χ3v) is 9.16. The van der Waals surface area contributed by atoms with Crippen LogP contribution in [0.2, 0.25) is 5.02 Å². The van der Waals surface area contributed by atoms with E-state index >= 15 is 4.39 Å². The molecule has 0 amide bonds. The van der Waals surface area contributed by atoms with Crippen molar-refractivity contribution in [3.05, 3.63) is 82.0 Å². The highest BCUT2D eigenvalue weighted by atomic mass is 35.5. The molecule has 2 aliphatic rings. The van der Waals surface area contributed by atoms with Crippen LogP contribution in [-0.2, 0) is 7.05 Å². The zero-order chi connectivity index (χ0) is 29.1. The summed E-state index contributed by atoms with van der Waals surface area (Å²) in [5.74, 6) is -0.531. The Balaban J connectivity index is 1.35. The van der Waals surface area contributed by atoms with Gasteiger partial charge in [-0.3, -0.25) is 14.5 Å². The maximum absolute atomic E-state index is 15.1. The van der Waals surface area contributed by atoms with E-state index in [-0.39, 0.29) is 17.0 Å². The second kappa shape index (κ2) is 10.3. The van der Waals surface area contributed by atoms with Gasteiger partial charge in [0.1, 0.15) is 11.6 Å². The van der Waals surface area contributed by atoms with Gasteiger partial charge in [0, 0.05) is 67.0 Å². The molecule has 2 aliphatic heterocycles. The van der Waals surface area contributed by atoms with Crippen LogP contribution < -0.4 is 10.6 Å². The third-order valence-electron chi connectivity index (χ3n) is 8.86. The molecule has 0 saturated carbocycles. The summed E-state index contributed by atoms with van der Waals surface area (Å²) >= 11 is 6.57. The quantitative estimate of drug-likeness (QED) is 0.308. The largest absolute Gasteiger partial charge is 0.507 e. The number of halogens is 2. The van der Waals surface area contributed by atoms with Crippen molar-refractivity contribution in [2.75, 3.05) is 24.5 Å². The molecule has 0 bridgehead atoms. The van der Waals surface area contributed by atoms with E-state index in [1.165, 1.54) is 34.1 Å². The van der Waals surface area contributed by atoms with Crippen molar-refractivity contribution in [1.82, 2.24) is 19.0 Å². The maximum atomic E-state index is 15.1. The first kappa shape index (κ1) is 27.5. The second-order valence-corrected chi connectivity index (χ2v) is 12.1. The molecule has 2 fully saturated rings. The Morgan fingerprint density at radius 3 is 2.46 bits per heavy atom. The number of pyridine rings is 1. The molecule has 41 heavy (non-hydrogen) atoms. The normalized spacial score (nSPS) is 19.2. The number of imidazole rings is 1. The van der Waals surface area contributed by atoms with Gasteiger partial charge in [0.05, 0.1) is 22.1 Å². The number of benzene rings is 2. The number of hydrogen-bond donors (Lipinski definition) is 1. The second-order valence-electron chi connectivity index (χ2n) is 11.7. The SMILES string of the molecule is Cc1ncc(-c2cc(F)cc(-c3ccc(-n4ccn(C)c4=O)c(Cl)c3)c2O)cc1N1CC[C@]2(CCCN2C(C)C)C1. The highest BCUT2D eigenvalue weighted by Gasteiger charge is 2.47.